The zero-order valence-corrected chi connectivity index (χ0v) is 11.6. The van der Waals surface area contributed by atoms with E-state index in [0.717, 1.165) is 12.1 Å². The summed E-state index contributed by atoms with van der Waals surface area (Å²) in [4.78, 5) is 0. The van der Waals surface area contributed by atoms with Crippen molar-refractivity contribution < 1.29 is 0 Å². The molecule has 18 heavy (non-hydrogen) atoms. The van der Waals surface area contributed by atoms with Crippen LogP contribution in [0.4, 0.5) is 0 Å². The van der Waals surface area contributed by atoms with E-state index >= 15 is 0 Å². The molecule has 0 fully saturated rings. The number of nitrogens with two attached hydrogens (primary N) is 1. The number of aromatic nitrogens is 2. The molecule has 0 aliphatic heterocycles. The van der Waals surface area contributed by atoms with Crippen LogP contribution in [0.2, 0.25) is 0 Å². The molecule has 0 spiro atoms. The molecule has 1 heterocycles. The van der Waals surface area contributed by atoms with Gasteiger partial charge in [-0.15, -0.1) is 0 Å². The minimum atomic E-state index is -0.0358. The Morgan fingerprint density at radius 2 is 1.83 bits per heavy atom. The third kappa shape index (κ3) is 2.62. The van der Waals surface area contributed by atoms with Crippen LogP contribution in [0, 0.1) is 20.8 Å². The molecular weight excluding hydrogens is 222 g/mol. The van der Waals surface area contributed by atoms with Gasteiger partial charge in [-0.2, -0.15) is 5.10 Å². The van der Waals surface area contributed by atoms with E-state index in [2.05, 4.69) is 38.0 Å². The third-order valence-electron chi connectivity index (χ3n) is 3.38. The Balaban J connectivity index is 2.24. The fraction of sp³-hybridized carbons (Fsp3) is 0.400. The highest BCUT2D eigenvalue weighted by molar-refractivity contribution is 5.38. The number of rotatable bonds is 3. The summed E-state index contributed by atoms with van der Waals surface area (Å²) in [6, 6.07) is 6.39. The largest absolute Gasteiger partial charge is 0.322 e. The maximum absolute atomic E-state index is 6.24. The van der Waals surface area contributed by atoms with Gasteiger partial charge in [-0.25, -0.2) is 0 Å². The van der Waals surface area contributed by atoms with Crippen molar-refractivity contribution in [2.45, 2.75) is 33.2 Å². The summed E-state index contributed by atoms with van der Waals surface area (Å²) >= 11 is 0. The number of hydrogen-bond donors (Lipinski definition) is 1. The van der Waals surface area contributed by atoms with Gasteiger partial charge in [0.05, 0.1) is 11.7 Å². The van der Waals surface area contributed by atoms with E-state index in [1.807, 2.05) is 19.3 Å². The highest BCUT2D eigenvalue weighted by atomic mass is 15.3. The van der Waals surface area contributed by atoms with Crippen LogP contribution in [0.1, 0.15) is 34.0 Å². The van der Waals surface area contributed by atoms with Gasteiger partial charge < -0.3 is 5.73 Å². The summed E-state index contributed by atoms with van der Waals surface area (Å²) < 4.78 is 1.80. The molecule has 2 N–H and O–H groups in total. The molecule has 1 unspecified atom stereocenters. The van der Waals surface area contributed by atoms with Gasteiger partial charge >= 0.3 is 0 Å². The van der Waals surface area contributed by atoms with Crippen molar-refractivity contribution in [1.29, 1.82) is 0 Å². The van der Waals surface area contributed by atoms with Gasteiger partial charge in [0.1, 0.15) is 0 Å². The third-order valence-corrected chi connectivity index (χ3v) is 3.38. The Hall–Kier alpha value is -1.61. The first-order chi connectivity index (χ1) is 8.47. The standard InChI is InChI=1S/C15H21N3/c1-10-7-11(2)13(12(3)8-10)9-14(16)15-5-6-18(4)17-15/h5-8,14H,9,16H2,1-4H3. The molecule has 2 rings (SSSR count). The molecule has 0 amide bonds. The highest BCUT2D eigenvalue weighted by Crippen LogP contribution is 2.21. The topological polar surface area (TPSA) is 43.8 Å². The summed E-state index contributed by atoms with van der Waals surface area (Å²) in [7, 11) is 1.92. The Bertz CT molecular complexity index is 532. The molecule has 0 bridgehead atoms. The average molecular weight is 243 g/mol. The van der Waals surface area contributed by atoms with Crippen LogP contribution in [0.25, 0.3) is 0 Å². The van der Waals surface area contributed by atoms with Gasteiger partial charge in [0.15, 0.2) is 0 Å². The first kappa shape index (κ1) is 12.8. The first-order valence-electron chi connectivity index (χ1n) is 6.29. The Kier molecular flexibility index (Phi) is 3.53. The highest BCUT2D eigenvalue weighted by Gasteiger charge is 2.13. The zero-order valence-electron chi connectivity index (χ0n) is 11.6. The van der Waals surface area contributed by atoms with Gasteiger partial charge in [-0.05, 0) is 49.9 Å². The van der Waals surface area contributed by atoms with Crippen LogP contribution >= 0.6 is 0 Å². The molecular formula is C15H21N3. The summed E-state index contributed by atoms with van der Waals surface area (Å²) in [5, 5.41) is 4.38. The van der Waals surface area contributed by atoms with Crippen LogP contribution in [-0.4, -0.2) is 9.78 Å². The van der Waals surface area contributed by atoms with Gasteiger partial charge in [-0.1, -0.05) is 17.7 Å². The molecule has 0 aliphatic carbocycles. The molecule has 1 atom stereocenters. The lowest BCUT2D eigenvalue weighted by atomic mass is 9.94. The van der Waals surface area contributed by atoms with Crippen molar-refractivity contribution in [3.63, 3.8) is 0 Å². The number of aryl methyl sites for hydroxylation is 4. The Morgan fingerprint density at radius 3 is 2.33 bits per heavy atom. The van der Waals surface area contributed by atoms with E-state index in [-0.39, 0.29) is 6.04 Å². The maximum atomic E-state index is 6.24. The summed E-state index contributed by atoms with van der Waals surface area (Å²) in [6.07, 6.45) is 2.78. The minimum absolute atomic E-state index is 0.0358. The molecule has 0 aliphatic rings. The summed E-state index contributed by atoms with van der Waals surface area (Å²) in [5.41, 5.74) is 12.5. The zero-order chi connectivity index (χ0) is 13.3. The van der Waals surface area contributed by atoms with E-state index < -0.39 is 0 Å². The summed E-state index contributed by atoms with van der Waals surface area (Å²) in [5.74, 6) is 0. The fourth-order valence-corrected chi connectivity index (χ4v) is 2.49. The molecule has 0 saturated carbocycles. The van der Waals surface area contributed by atoms with Crippen LogP contribution in [0.15, 0.2) is 24.4 Å². The van der Waals surface area contributed by atoms with E-state index in [1.165, 1.54) is 22.3 Å². The lowest BCUT2D eigenvalue weighted by Gasteiger charge is -2.15. The molecule has 0 radical (unpaired) electrons. The lowest BCUT2D eigenvalue weighted by molar-refractivity contribution is 0.654. The second kappa shape index (κ2) is 4.94. The minimum Gasteiger partial charge on any atom is -0.322 e. The maximum Gasteiger partial charge on any atom is 0.0795 e. The SMILES string of the molecule is Cc1cc(C)c(CC(N)c2ccn(C)n2)c(C)c1. The molecule has 1 aromatic heterocycles. The van der Waals surface area contributed by atoms with Crippen LogP contribution in [0.5, 0.6) is 0 Å². The van der Waals surface area contributed by atoms with Crippen molar-refractivity contribution in [3.8, 4) is 0 Å². The van der Waals surface area contributed by atoms with E-state index in [4.69, 9.17) is 5.73 Å². The van der Waals surface area contributed by atoms with Crippen molar-refractivity contribution in [2.75, 3.05) is 0 Å². The number of benzene rings is 1. The molecule has 3 nitrogen and oxygen atoms in total. The molecule has 96 valence electrons. The van der Waals surface area contributed by atoms with Crippen LogP contribution in [0.3, 0.4) is 0 Å². The Morgan fingerprint density at radius 1 is 1.22 bits per heavy atom. The van der Waals surface area contributed by atoms with E-state index in [1.54, 1.807) is 4.68 Å². The van der Waals surface area contributed by atoms with Gasteiger partial charge in [0.2, 0.25) is 0 Å². The second-order valence-electron chi connectivity index (χ2n) is 5.10. The van der Waals surface area contributed by atoms with Gasteiger partial charge in [-0.3, -0.25) is 4.68 Å². The molecule has 0 saturated heterocycles. The van der Waals surface area contributed by atoms with Crippen molar-refractivity contribution in [3.05, 3.63) is 52.3 Å². The quantitative estimate of drug-likeness (QED) is 0.900. The van der Waals surface area contributed by atoms with Gasteiger partial charge in [0, 0.05) is 13.2 Å². The second-order valence-corrected chi connectivity index (χ2v) is 5.10. The smallest absolute Gasteiger partial charge is 0.0795 e. The van der Waals surface area contributed by atoms with Crippen LogP contribution < -0.4 is 5.73 Å². The van der Waals surface area contributed by atoms with E-state index in [0.29, 0.717) is 0 Å². The van der Waals surface area contributed by atoms with Crippen LogP contribution in [-0.2, 0) is 13.5 Å². The lowest BCUT2D eigenvalue weighted by Crippen LogP contribution is -2.16. The molecule has 3 heteroatoms. The van der Waals surface area contributed by atoms with Crippen molar-refractivity contribution in [1.82, 2.24) is 9.78 Å². The predicted molar refractivity (Wildman–Crippen MR) is 74.5 cm³/mol. The fourth-order valence-electron chi connectivity index (χ4n) is 2.49. The molecule has 2 aromatic rings. The number of nitrogens with zero attached hydrogens (tertiary/aromatic N) is 2. The first-order valence-corrected chi connectivity index (χ1v) is 6.29. The van der Waals surface area contributed by atoms with Crippen molar-refractivity contribution in [2.24, 2.45) is 12.8 Å². The predicted octanol–water partition coefficient (Wildman–Crippen LogP) is 2.59. The summed E-state index contributed by atoms with van der Waals surface area (Å²) in [6.45, 7) is 6.43. The van der Waals surface area contributed by atoms with E-state index in [9.17, 15) is 0 Å². The Labute approximate surface area is 109 Å². The number of hydrogen-bond acceptors (Lipinski definition) is 2. The van der Waals surface area contributed by atoms with Gasteiger partial charge in [0.25, 0.3) is 0 Å². The van der Waals surface area contributed by atoms with Crippen molar-refractivity contribution >= 4 is 0 Å². The monoisotopic (exact) mass is 243 g/mol. The normalized spacial score (nSPS) is 12.7. The molecule has 1 aromatic carbocycles. The average Bonchev–Trinajstić information content (AvgIpc) is 2.70.